The van der Waals surface area contributed by atoms with Crippen LogP contribution >= 0.6 is 0 Å². The van der Waals surface area contributed by atoms with Crippen molar-refractivity contribution in [1.82, 2.24) is 0 Å². The Kier molecular flexibility index (Phi) is 2.49. The fourth-order valence-electron chi connectivity index (χ4n) is 1.18. The SMILES string of the molecule is CC1CC=C(C=NO)CC1. The van der Waals surface area contributed by atoms with Crippen molar-refractivity contribution in [2.45, 2.75) is 26.2 Å². The molecule has 0 amide bonds. The van der Waals surface area contributed by atoms with Gasteiger partial charge in [0.25, 0.3) is 0 Å². The molecule has 1 N–H and O–H groups in total. The van der Waals surface area contributed by atoms with Crippen molar-refractivity contribution in [3.05, 3.63) is 11.6 Å². The number of hydrogen-bond donors (Lipinski definition) is 1. The lowest BCUT2D eigenvalue weighted by Crippen LogP contribution is -2.01. The standard InChI is InChI=1S/C8H13NO/c1-7-2-4-8(5-3-7)6-9-10/h4,6-7,10H,2-3,5H2,1H3. The van der Waals surface area contributed by atoms with E-state index in [1.165, 1.54) is 18.2 Å². The second-order valence-electron chi connectivity index (χ2n) is 2.90. The summed E-state index contributed by atoms with van der Waals surface area (Å²) < 4.78 is 0. The van der Waals surface area contributed by atoms with E-state index in [9.17, 15) is 0 Å². The van der Waals surface area contributed by atoms with Gasteiger partial charge in [-0.05, 0) is 30.8 Å². The van der Waals surface area contributed by atoms with Gasteiger partial charge in [0.05, 0.1) is 6.21 Å². The van der Waals surface area contributed by atoms with Crippen LogP contribution < -0.4 is 0 Å². The molecule has 0 radical (unpaired) electrons. The molecule has 0 bridgehead atoms. The monoisotopic (exact) mass is 139 g/mol. The highest BCUT2D eigenvalue weighted by atomic mass is 16.4. The normalized spacial score (nSPS) is 26.9. The van der Waals surface area contributed by atoms with Crippen LogP contribution in [0.15, 0.2) is 16.8 Å². The molecule has 0 heterocycles. The van der Waals surface area contributed by atoms with E-state index in [1.807, 2.05) is 0 Å². The van der Waals surface area contributed by atoms with Crippen LogP contribution in [0.5, 0.6) is 0 Å². The van der Waals surface area contributed by atoms with Crippen LogP contribution in [-0.4, -0.2) is 11.4 Å². The molecule has 0 fully saturated rings. The number of nitrogens with zero attached hydrogens (tertiary/aromatic N) is 1. The molecule has 0 aromatic heterocycles. The van der Waals surface area contributed by atoms with Gasteiger partial charge in [0.15, 0.2) is 0 Å². The molecular weight excluding hydrogens is 126 g/mol. The van der Waals surface area contributed by atoms with Gasteiger partial charge in [-0.15, -0.1) is 0 Å². The molecule has 1 aliphatic carbocycles. The Bertz CT molecular complexity index is 161. The van der Waals surface area contributed by atoms with Crippen molar-refractivity contribution >= 4 is 6.21 Å². The summed E-state index contributed by atoms with van der Waals surface area (Å²) in [4.78, 5) is 0. The molecule has 56 valence electrons. The molecule has 2 nitrogen and oxygen atoms in total. The lowest BCUT2D eigenvalue weighted by Gasteiger charge is -2.14. The van der Waals surface area contributed by atoms with E-state index in [0.29, 0.717) is 0 Å². The first-order valence-electron chi connectivity index (χ1n) is 3.69. The fraction of sp³-hybridized carbons (Fsp3) is 0.625. The Labute approximate surface area is 61.2 Å². The molecular formula is C8H13NO. The van der Waals surface area contributed by atoms with Crippen molar-refractivity contribution in [2.24, 2.45) is 11.1 Å². The van der Waals surface area contributed by atoms with E-state index in [2.05, 4.69) is 18.2 Å². The molecule has 0 aromatic rings. The van der Waals surface area contributed by atoms with Gasteiger partial charge in [0, 0.05) is 0 Å². The average molecular weight is 139 g/mol. The lowest BCUT2D eigenvalue weighted by atomic mass is 9.92. The van der Waals surface area contributed by atoms with Gasteiger partial charge < -0.3 is 5.21 Å². The Balaban J connectivity index is 2.48. The number of oxime groups is 1. The van der Waals surface area contributed by atoms with Crippen LogP contribution in [-0.2, 0) is 0 Å². The third-order valence-corrected chi connectivity index (χ3v) is 1.93. The van der Waals surface area contributed by atoms with E-state index in [1.54, 1.807) is 0 Å². The summed E-state index contributed by atoms with van der Waals surface area (Å²) in [5, 5.41) is 11.2. The van der Waals surface area contributed by atoms with Gasteiger partial charge in [0.2, 0.25) is 0 Å². The van der Waals surface area contributed by atoms with Gasteiger partial charge in [-0.25, -0.2) is 0 Å². The van der Waals surface area contributed by atoms with Crippen LogP contribution in [0.3, 0.4) is 0 Å². The average Bonchev–Trinajstić information content (AvgIpc) is 1.95. The molecule has 0 saturated heterocycles. The maximum Gasteiger partial charge on any atom is 0.0690 e. The second kappa shape index (κ2) is 3.40. The molecule has 1 unspecified atom stereocenters. The highest BCUT2D eigenvalue weighted by molar-refractivity contribution is 5.77. The Morgan fingerprint density at radius 1 is 1.80 bits per heavy atom. The van der Waals surface area contributed by atoms with E-state index < -0.39 is 0 Å². The first-order valence-corrected chi connectivity index (χ1v) is 3.69. The largest absolute Gasteiger partial charge is 0.411 e. The summed E-state index contributed by atoms with van der Waals surface area (Å²) in [7, 11) is 0. The number of allylic oxidation sites excluding steroid dienone is 2. The lowest BCUT2D eigenvalue weighted by molar-refractivity contribution is 0.321. The zero-order chi connectivity index (χ0) is 7.40. The van der Waals surface area contributed by atoms with Gasteiger partial charge >= 0.3 is 0 Å². The summed E-state index contributed by atoms with van der Waals surface area (Å²) in [5.74, 6) is 0.802. The Hall–Kier alpha value is -0.790. The van der Waals surface area contributed by atoms with Gasteiger partial charge in [-0.3, -0.25) is 0 Å². The molecule has 10 heavy (non-hydrogen) atoms. The topological polar surface area (TPSA) is 32.6 Å². The predicted octanol–water partition coefficient (Wildman–Crippen LogP) is 2.19. The summed E-state index contributed by atoms with van der Waals surface area (Å²) in [6, 6.07) is 0. The molecule has 2 heteroatoms. The maximum absolute atomic E-state index is 8.21. The first kappa shape index (κ1) is 7.32. The quantitative estimate of drug-likeness (QED) is 0.337. The van der Waals surface area contributed by atoms with E-state index in [0.717, 1.165) is 18.8 Å². The second-order valence-corrected chi connectivity index (χ2v) is 2.90. The Morgan fingerprint density at radius 2 is 2.60 bits per heavy atom. The highest BCUT2D eigenvalue weighted by Gasteiger charge is 2.07. The van der Waals surface area contributed by atoms with E-state index in [4.69, 9.17) is 5.21 Å². The van der Waals surface area contributed by atoms with Gasteiger partial charge in [-0.2, -0.15) is 0 Å². The third-order valence-electron chi connectivity index (χ3n) is 1.93. The zero-order valence-corrected chi connectivity index (χ0v) is 6.25. The van der Waals surface area contributed by atoms with E-state index in [-0.39, 0.29) is 0 Å². The van der Waals surface area contributed by atoms with Gasteiger partial charge in [0.1, 0.15) is 0 Å². The molecule has 1 aliphatic rings. The molecule has 0 spiro atoms. The van der Waals surface area contributed by atoms with Crippen LogP contribution in [0, 0.1) is 5.92 Å². The van der Waals surface area contributed by atoms with Crippen LogP contribution in [0.1, 0.15) is 26.2 Å². The summed E-state index contributed by atoms with van der Waals surface area (Å²) >= 11 is 0. The van der Waals surface area contributed by atoms with Crippen molar-refractivity contribution < 1.29 is 5.21 Å². The fourth-order valence-corrected chi connectivity index (χ4v) is 1.18. The third kappa shape index (κ3) is 1.87. The Morgan fingerprint density at radius 3 is 3.10 bits per heavy atom. The highest BCUT2D eigenvalue weighted by Crippen LogP contribution is 2.21. The molecule has 0 aromatic carbocycles. The predicted molar refractivity (Wildman–Crippen MR) is 41.4 cm³/mol. The summed E-state index contributed by atoms with van der Waals surface area (Å²) in [5.41, 5.74) is 1.17. The molecule has 1 atom stereocenters. The van der Waals surface area contributed by atoms with Gasteiger partial charge in [-0.1, -0.05) is 18.2 Å². The number of rotatable bonds is 1. The minimum absolute atomic E-state index is 0.802. The minimum atomic E-state index is 0.802. The van der Waals surface area contributed by atoms with Crippen LogP contribution in [0.2, 0.25) is 0 Å². The first-order chi connectivity index (χ1) is 4.83. The van der Waals surface area contributed by atoms with Crippen molar-refractivity contribution in [2.75, 3.05) is 0 Å². The smallest absolute Gasteiger partial charge is 0.0690 e. The molecule has 1 rings (SSSR count). The number of hydrogen-bond acceptors (Lipinski definition) is 2. The van der Waals surface area contributed by atoms with Crippen molar-refractivity contribution in [3.8, 4) is 0 Å². The summed E-state index contributed by atoms with van der Waals surface area (Å²) in [6.07, 6.45) is 7.09. The van der Waals surface area contributed by atoms with Crippen LogP contribution in [0.25, 0.3) is 0 Å². The molecule has 0 saturated carbocycles. The zero-order valence-electron chi connectivity index (χ0n) is 6.25. The maximum atomic E-state index is 8.21. The minimum Gasteiger partial charge on any atom is -0.411 e. The summed E-state index contributed by atoms with van der Waals surface area (Å²) in [6.45, 7) is 2.24. The van der Waals surface area contributed by atoms with Crippen LogP contribution in [0.4, 0.5) is 0 Å². The molecule has 0 aliphatic heterocycles. The van der Waals surface area contributed by atoms with Crippen molar-refractivity contribution in [3.63, 3.8) is 0 Å². The van der Waals surface area contributed by atoms with Crippen molar-refractivity contribution in [1.29, 1.82) is 0 Å². The van der Waals surface area contributed by atoms with E-state index >= 15 is 0 Å².